The maximum Gasteiger partial charge on any atom is 0.229 e. The molecule has 3 N–H and O–H groups in total. The van der Waals surface area contributed by atoms with E-state index in [0.717, 1.165) is 31.6 Å². The maximum atomic E-state index is 13.3. The second kappa shape index (κ2) is 8.68. The highest BCUT2D eigenvalue weighted by atomic mass is 19.1. The number of β-amino-alcohol motifs (C(OH)–C–C–N with tert-alkyl or cyclic N) is 1. The number of rotatable bonds is 7. The number of hydrogen-bond donors (Lipinski definition) is 3. The molecule has 0 bridgehead atoms. The minimum absolute atomic E-state index is 0.0211. The van der Waals surface area contributed by atoms with Crippen molar-refractivity contribution >= 4 is 22.8 Å². The predicted molar refractivity (Wildman–Crippen MR) is 108 cm³/mol. The number of benzene rings is 1. The Kier molecular flexibility index (Phi) is 5.84. The van der Waals surface area contributed by atoms with Gasteiger partial charge in [0.15, 0.2) is 5.65 Å². The number of aliphatic hydroxyl groups is 2. The average molecular weight is 401 g/mol. The third-order valence-electron chi connectivity index (χ3n) is 4.96. The van der Waals surface area contributed by atoms with Crippen LogP contribution in [0.5, 0.6) is 0 Å². The molecule has 0 radical (unpaired) electrons. The first-order valence-corrected chi connectivity index (χ1v) is 9.64. The fourth-order valence-corrected chi connectivity index (χ4v) is 3.43. The molecule has 1 saturated heterocycles. The van der Waals surface area contributed by atoms with Crippen molar-refractivity contribution in [2.24, 2.45) is 0 Å². The van der Waals surface area contributed by atoms with Gasteiger partial charge in [-0.25, -0.2) is 9.07 Å². The molecule has 29 heavy (non-hydrogen) atoms. The summed E-state index contributed by atoms with van der Waals surface area (Å²) < 4.78 is 15.0. The Balaban J connectivity index is 1.71. The number of aliphatic hydroxyl groups excluding tert-OH is 2. The Hall–Kier alpha value is -2.82. The van der Waals surface area contributed by atoms with Crippen molar-refractivity contribution in [3.63, 3.8) is 0 Å². The second-order valence-corrected chi connectivity index (χ2v) is 6.84. The van der Waals surface area contributed by atoms with Gasteiger partial charge in [0.1, 0.15) is 11.6 Å². The van der Waals surface area contributed by atoms with Gasteiger partial charge in [-0.05, 0) is 24.3 Å². The van der Waals surface area contributed by atoms with Gasteiger partial charge in [-0.15, -0.1) is 0 Å². The van der Waals surface area contributed by atoms with Gasteiger partial charge < -0.3 is 20.4 Å². The third-order valence-corrected chi connectivity index (χ3v) is 4.96. The topological polar surface area (TPSA) is 103 Å². The summed E-state index contributed by atoms with van der Waals surface area (Å²) in [6, 6.07) is 6.07. The van der Waals surface area contributed by atoms with E-state index in [1.54, 1.807) is 23.0 Å². The van der Waals surface area contributed by atoms with Crippen molar-refractivity contribution in [2.45, 2.75) is 0 Å². The van der Waals surface area contributed by atoms with Crippen LogP contribution in [0.2, 0.25) is 0 Å². The molecule has 0 unspecified atom stereocenters. The predicted octanol–water partition coefficient (Wildman–Crippen LogP) is 0.473. The Morgan fingerprint density at radius 3 is 2.45 bits per heavy atom. The first kappa shape index (κ1) is 19.5. The van der Waals surface area contributed by atoms with Gasteiger partial charge in [0.2, 0.25) is 5.95 Å². The fourth-order valence-electron chi connectivity index (χ4n) is 3.43. The van der Waals surface area contributed by atoms with E-state index < -0.39 is 0 Å². The summed E-state index contributed by atoms with van der Waals surface area (Å²) in [5.41, 5.74) is 1.31. The third kappa shape index (κ3) is 4.14. The molecule has 0 saturated carbocycles. The summed E-state index contributed by atoms with van der Waals surface area (Å²) in [4.78, 5) is 13.7. The van der Waals surface area contributed by atoms with Crippen LogP contribution in [0.25, 0.3) is 16.7 Å². The number of aromatic nitrogens is 4. The average Bonchev–Trinajstić information content (AvgIpc) is 3.17. The molecular weight excluding hydrogens is 377 g/mol. The highest BCUT2D eigenvalue weighted by Crippen LogP contribution is 2.26. The highest BCUT2D eigenvalue weighted by Gasteiger charge is 2.21. The summed E-state index contributed by atoms with van der Waals surface area (Å²) in [6.45, 7) is 4.27. The first-order chi connectivity index (χ1) is 14.2. The number of nitrogens with zero attached hydrogens (tertiary/aromatic N) is 6. The van der Waals surface area contributed by atoms with E-state index in [1.165, 1.54) is 12.1 Å². The zero-order valence-corrected chi connectivity index (χ0v) is 16.0. The number of hydrogen-bond acceptors (Lipinski definition) is 8. The summed E-state index contributed by atoms with van der Waals surface area (Å²) >= 11 is 0. The Morgan fingerprint density at radius 2 is 1.76 bits per heavy atom. The molecule has 0 spiro atoms. The van der Waals surface area contributed by atoms with E-state index in [-0.39, 0.29) is 19.0 Å². The molecule has 1 aliphatic heterocycles. The zero-order valence-electron chi connectivity index (χ0n) is 16.0. The van der Waals surface area contributed by atoms with Crippen LogP contribution >= 0.6 is 0 Å². The van der Waals surface area contributed by atoms with Gasteiger partial charge in [0.05, 0.1) is 30.5 Å². The van der Waals surface area contributed by atoms with E-state index in [1.807, 2.05) is 0 Å². The normalized spacial score (nSPS) is 15.2. The van der Waals surface area contributed by atoms with Gasteiger partial charge in [0.25, 0.3) is 0 Å². The quantitative estimate of drug-likeness (QED) is 0.525. The minimum Gasteiger partial charge on any atom is -0.395 e. The Labute approximate surface area is 167 Å². The number of nitrogens with one attached hydrogen (secondary N) is 1. The van der Waals surface area contributed by atoms with Crippen molar-refractivity contribution in [2.75, 3.05) is 62.7 Å². The van der Waals surface area contributed by atoms with Crippen LogP contribution < -0.4 is 10.2 Å². The molecule has 9 nitrogen and oxygen atoms in total. The maximum absolute atomic E-state index is 13.3. The fraction of sp³-hybridized carbons (Fsp3) is 0.421. The van der Waals surface area contributed by atoms with Crippen molar-refractivity contribution in [1.29, 1.82) is 0 Å². The lowest BCUT2D eigenvalue weighted by Crippen LogP contribution is -2.47. The zero-order chi connectivity index (χ0) is 20.2. The molecule has 1 aliphatic rings. The van der Waals surface area contributed by atoms with Gasteiger partial charge in [-0.1, -0.05) is 0 Å². The lowest BCUT2D eigenvalue weighted by Gasteiger charge is -2.34. The molecule has 3 heterocycles. The van der Waals surface area contributed by atoms with Crippen molar-refractivity contribution in [1.82, 2.24) is 24.6 Å². The second-order valence-electron chi connectivity index (χ2n) is 6.84. The van der Waals surface area contributed by atoms with Crippen molar-refractivity contribution < 1.29 is 14.6 Å². The molecule has 10 heteroatoms. The lowest BCUT2D eigenvalue weighted by molar-refractivity contribution is 0.188. The first-order valence-electron chi connectivity index (χ1n) is 9.64. The molecule has 1 aromatic carbocycles. The van der Waals surface area contributed by atoms with Gasteiger partial charge in [0, 0.05) is 39.3 Å². The molecule has 0 amide bonds. The summed E-state index contributed by atoms with van der Waals surface area (Å²) in [5.74, 6) is 0.863. The van der Waals surface area contributed by atoms with Gasteiger partial charge >= 0.3 is 0 Å². The highest BCUT2D eigenvalue weighted by molar-refractivity contribution is 5.88. The summed E-state index contributed by atoms with van der Waals surface area (Å²) in [6.07, 6.45) is 1.67. The Morgan fingerprint density at radius 1 is 1.00 bits per heavy atom. The summed E-state index contributed by atoms with van der Waals surface area (Å²) in [7, 11) is 0. The van der Waals surface area contributed by atoms with Crippen LogP contribution in [-0.2, 0) is 0 Å². The monoisotopic (exact) mass is 401 g/mol. The number of fused-ring (bicyclic) bond motifs is 1. The van der Waals surface area contributed by atoms with E-state index in [4.69, 9.17) is 10.1 Å². The van der Waals surface area contributed by atoms with Crippen LogP contribution in [0, 0.1) is 5.82 Å². The largest absolute Gasteiger partial charge is 0.395 e. The number of piperazine rings is 1. The molecule has 3 aromatic rings. The number of halogens is 1. The van der Waals surface area contributed by atoms with Crippen molar-refractivity contribution in [3.8, 4) is 5.69 Å². The van der Waals surface area contributed by atoms with Crippen LogP contribution in [0.1, 0.15) is 0 Å². The Bertz CT molecular complexity index is 955. The minimum atomic E-state index is -0.313. The van der Waals surface area contributed by atoms with Gasteiger partial charge in [-0.2, -0.15) is 15.1 Å². The van der Waals surface area contributed by atoms with Crippen LogP contribution in [0.4, 0.5) is 16.2 Å². The number of anilines is 2. The van der Waals surface area contributed by atoms with Crippen LogP contribution in [-0.4, -0.2) is 87.3 Å². The SMILES string of the molecule is OCCNc1nc(N2CCN(CCO)CC2)nc2c1cnn2-c1ccc(F)cc1. The molecule has 4 rings (SSSR count). The van der Waals surface area contributed by atoms with Crippen LogP contribution in [0.3, 0.4) is 0 Å². The molecular formula is C19H24FN7O2. The van der Waals surface area contributed by atoms with Gasteiger partial charge in [-0.3, -0.25) is 4.90 Å². The van der Waals surface area contributed by atoms with Crippen LogP contribution in [0.15, 0.2) is 30.5 Å². The molecule has 2 aromatic heterocycles. The molecule has 1 fully saturated rings. The van der Waals surface area contributed by atoms with E-state index >= 15 is 0 Å². The molecule has 0 aliphatic carbocycles. The standard InChI is InChI=1S/C19H24FN7O2/c20-14-1-3-15(4-2-14)27-18-16(13-22-27)17(21-5-11-28)23-19(24-18)26-8-6-25(7-9-26)10-12-29/h1-4,13,28-29H,5-12H2,(H,21,23,24). The van der Waals surface area contributed by atoms with E-state index in [0.29, 0.717) is 36.2 Å². The lowest BCUT2D eigenvalue weighted by atomic mass is 10.3. The van der Waals surface area contributed by atoms with Crippen molar-refractivity contribution in [3.05, 3.63) is 36.3 Å². The van der Waals surface area contributed by atoms with E-state index in [9.17, 15) is 9.50 Å². The molecule has 0 atom stereocenters. The summed E-state index contributed by atoms with van der Waals surface area (Å²) in [5, 5.41) is 26.6. The molecule has 154 valence electrons. The smallest absolute Gasteiger partial charge is 0.229 e. The van der Waals surface area contributed by atoms with E-state index in [2.05, 4.69) is 25.2 Å².